The van der Waals surface area contributed by atoms with E-state index in [0.29, 0.717) is 0 Å². The van der Waals surface area contributed by atoms with Crippen LogP contribution in [0.15, 0.2) is 12.7 Å². The molecule has 13 heavy (non-hydrogen) atoms. The summed E-state index contributed by atoms with van der Waals surface area (Å²) in [4.78, 5) is 13.0. The van der Waals surface area contributed by atoms with Gasteiger partial charge >= 0.3 is 5.97 Å². The molecule has 0 bridgehead atoms. The Balaban J connectivity index is 2.32. The van der Waals surface area contributed by atoms with Crippen LogP contribution in [-0.4, -0.2) is 36.6 Å². The molecule has 0 saturated carbocycles. The summed E-state index contributed by atoms with van der Waals surface area (Å²) in [6.45, 7) is 7.98. The van der Waals surface area contributed by atoms with Gasteiger partial charge in [-0.05, 0) is 19.4 Å². The molecule has 0 aliphatic carbocycles. The number of ether oxygens (including phenoxy) is 1. The molecule has 0 aromatic rings. The zero-order valence-electron chi connectivity index (χ0n) is 8.16. The molecule has 1 rings (SSSR count). The number of rotatable bonds is 3. The van der Waals surface area contributed by atoms with E-state index < -0.39 is 0 Å². The average Bonchev–Trinajstić information content (AvgIpc) is 2.04. The number of carbonyl (C=O) groups is 1. The third-order valence-corrected chi connectivity index (χ3v) is 2.18. The number of piperidine rings is 1. The zero-order chi connectivity index (χ0) is 9.68. The van der Waals surface area contributed by atoms with E-state index in [2.05, 4.69) is 11.5 Å². The predicted molar refractivity (Wildman–Crippen MR) is 51.4 cm³/mol. The molecule has 3 heteroatoms. The third kappa shape index (κ3) is 3.59. The molecular formula is C10H17NO2. The Kier molecular flexibility index (Phi) is 3.96. The Hall–Kier alpha value is -0.830. The molecule has 3 nitrogen and oxygen atoms in total. The number of hydrogen-bond acceptors (Lipinski definition) is 3. The summed E-state index contributed by atoms with van der Waals surface area (Å²) >= 11 is 0. The van der Waals surface area contributed by atoms with E-state index in [1.807, 2.05) is 6.08 Å². The number of carbonyl (C=O) groups excluding carboxylic acids is 1. The van der Waals surface area contributed by atoms with Gasteiger partial charge in [0.2, 0.25) is 0 Å². The first-order chi connectivity index (χ1) is 6.22. The second-order valence-electron chi connectivity index (χ2n) is 3.42. The van der Waals surface area contributed by atoms with Gasteiger partial charge in [0.1, 0.15) is 6.10 Å². The molecule has 1 aliphatic rings. The Morgan fingerprint density at radius 3 is 3.15 bits per heavy atom. The van der Waals surface area contributed by atoms with Crippen LogP contribution < -0.4 is 0 Å². The maximum Gasteiger partial charge on any atom is 0.302 e. The van der Waals surface area contributed by atoms with Crippen LogP contribution in [0.4, 0.5) is 0 Å². The van der Waals surface area contributed by atoms with Crippen LogP contribution in [0.1, 0.15) is 19.8 Å². The molecule has 74 valence electrons. The lowest BCUT2D eigenvalue weighted by Gasteiger charge is -2.31. The van der Waals surface area contributed by atoms with Crippen molar-refractivity contribution in [2.75, 3.05) is 19.6 Å². The van der Waals surface area contributed by atoms with Crippen LogP contribution in [0.3, 0.4) is 0 Å². The molecule has 0 radical (unpaired) electrons. The minimum absolute atomic E-state index is 0.0891. The smallest absolute Gasteiger partial charge is 0.302 e. The largest absolute Gasteiger partial charge is 0.461 e. The van der Waals surface area contributed by atoms with Gasteiger partial charge in [-0.15, -0.1) is 6.58 Å². The first kappa shape index (κ1) is 10.3. The summed E-state index contributed by atoms with van der Waals surface area (Å²) in [6.07, 6.45) is 4.07. The molecule has 1 atom stereocenters. The second-order valence-corrected chi connectivity index (χ2v) is 3.42. The maximum atomic E-state index is 10.7. The van der Waals surface area contributed by atoms with Gasteiger partial charge in [-0.1, -0.05) is 6.08 Å². The molecule has 1 saturated heterocycles. The van der Waals surface area contributed by atoms with Gasteiger partial charge in [0.05, 0.1) is 0 Å². The number of nitrogens with zero attached hydrogens (tertiary/aromatic N) is 1. The fraction of sp³-hybridized carbons (Fsp3) is 0.700. The monoisotopic (exact) mass is 183 g/mol. The minimum Gasteiger partial charge on any atom is -0.461 e. The SMILES string of the molecule is C=CCN1CCCC(OC(C)=O)C1. The van der Waals surface area contributed by atoms with Crippen LogP contribution in [0, 0.1) is 0 Å². The molecule has 0 aromatic heterocycles. The van der Waals surface area contributed by atoms with Crippen molar-refractivity contribution in [3.05, 3.63) is 12.7 Å². The van der Waals surface area contributed by atoms with Gasteiger partial charge in [-0.2, -0.15) is 0 Å². The van der Waals surface area contributed by atoms with Gasteiger partial charge in [0, 0.05) is 20.0 Å². The first-order valence-electron chi connectivity index (χ1n) is 4.73. The van der Waals surface area contributed by atoms with E-state index in [0.717, 1.165) is 32.5 Å². The zero-order valence-corrected chi connectivity index (χ0v) is 8.16. The van der Waals surface area contributed by atoms with Gasteiger partial charge in [-0.3, -0.25) is 9.69 Å². The van der Waals surface area contributed by atoms with Crippen molar-refractivity contribution >= 4 is 5.97 Å². The van der Waals surface area contributed by atoms with Crippen LogP contribution in [-0.2, 0) is 9.53 Å². The second kappa shape index (κ2) is 5.02. The minimum atomic E-state index is -0.176. The highest BCUT2D eigenvalue weighted by Crippen LogP contribution is 2.12. The lowest BCUT2D eigenvalue weighted by atomic mass is 10.1. The van der Waals surface area contributed by atoms with Gasteiger partial charge in [0.15, 0.2) is 0 Å². The third-order valence-electron chi connectivity index (χ3n) is 2.18. The predicted octanol–water partition coefficient (Wildman–Crippen LogP) is 1.20. The highest BCUT2D eigenvalue weighted by molar-refractivity contribution is 5.66. The fourth-order valence-electron chi connectivity index (χ4n) is 1.69. The Labute approximate surface area is 79.4 Å². The quantitative estimate of drug-likeness (QED) is 0.486. The van der Waals surface area contributed by atoms with Crippen molar-refractivity contribution in [2.45, 2.75) is 25.9 Å². The number of esters is 1. The van der Waals surface area contributed by atoms with Gasteiger partial charge in [0.25, 0.3) is 0 Å². The molecule has 1 heterocycles. The summed E-state index contributed by atoms with van der Waals surface area (Å²) in [5.41, 5.74) is 0. The van der Waals surface area contributed by atoms with Crippen LogP contribution in [0.2, 0.25) is 0 Å². The number of hydrogen-bond donors (Lipinski definition) is 0. The van der Waals surface area contributed by atoms with Gasteiger partial charge < -0.3 is 4.74 Å². The van der Waals surface area contributed by atoms with Crippen molar-refractivity contribution in [3.63, 3.8) is 0 Å². The van der Waals surface area contributed by atoms with E-state index in [1.165, 1.54) is 6.92 Å². The molecule has 1 fully saturated rings. The standard InChI is InChI=1S/C10H17NO2/c1-3-6-11-7-4-5-10(8-11)13-9(2)12/h3,10H,1,4-8H2,2H3. The highest BCUT2D eigenvalue weighted by Gasteiger charge is 2.20. The molecule has 1 unspecified atom stereocenters. The van der Waals surface area contributed by atoms with E-state index >= 15 is 0 Å². The molecule has 0 aromatic carbocycles. The first-order valence-corrected chi connectivity index (χ1v) is 4.73. The maximum absolute atomic E-state index is 10.7. The van der Waals surface area contributed by atoms with E-state index in [9.17, 15) is 4.79 Å². The average molecular weight is 183 g/mol. The van der Waals surface area contributed by atoms with Crippen molar-refractivity contribution in [3.8, 4) is 0 Å². The van der Waals surface area contributed by atoms with E-state index in [1.54, 1.807) is 0 Å². The summed E-state index contributed by atoms with van der Waals surface area (Å²) in [5.74, 6) is -0.176. The summed E-state index contributed by atoms with van der Waals surface area (Å²) in [6, 6.07) is 0. The summed E-state index contributed by atoms with van der Waals surface area (Å²) < 4.78 is 5.15. The van der Waals surface area contributed by atoms with E-state index in [4.69, 9.17) is 4.74 Å². The van der Waals surface area contributed by atoms with Crippen LogP contribution in [0.25, 0.3) is 0 Å². The van der Waals surface area contributed by atoms with Crippen LogP contribution in [0.5, 0.6) is 0 Å². The van der Waals surface area contributed by atoms with Gasteiger partial charge in [-0.25, -0.2) is 0 Å². The molecule has 0 amide bonds. The highest BCUT2D eigenvalue weighted by atomic mass is 16.5. The number of likely N-dealkylation sites (tertiary alicyclic amines) is 1. The molecular weight excluding hydrogens is 166 g/mol. The van der Waals surface area contributed by atoms with Crippen molar-refractivity contribution in [1.29, 1.82) is 0 Å². The van der Waals surface area contributed by atoms with Crippen molar-refractivity contribution < 1.29 is 9.53 Å². The van der Waals surface area contributed by atoms with Crippen LogP contribution >= 0.6 is 0 Å². The lowest BCUT2D eigenvalue weighted by molar-refractivity contribution is -0.148. The lowest BCUT2D eigenvalue weighted by Crippen LogP contribution is -2.40. The Morgan fingerprint density at radius 2 is 2.54 bits per heavy atom. The van der Waals surface area contributed by atoms with E-state index in [-0.39, 0.29) is 12.1 Å². The normalized spacial score (nSPS) is 23.9. The summed E-state index contributed by atoms with van der Waals surface area (Å²) in [7, 11) is 0. The van der Waals surface area contributed by atoms with Crippen molar-refractivity contribution in [2.24, 2.45) is 0 Å². The summed E-state index contributed by atoms with van der Waals surface area (Å²) in [5, 5.41) is 0. The molecule has 1 aliphatic heterocycles. The molecule has 0 spiro atoms. The Morgan fingerprint density at radius 1 is 1.77 bits per heavy atom. The Bertz CT molecular complexity index is 191. The van der Waals surface area contributed by atoms with Crippen molar-refractivity contribution in [1.82, 2.24) is 4.90 Å². The fourth-order valence-corrected chi connectivity index (χ4v) is 1.69. The topological polar surface area (TPSA) is 29.5 Å². The molecule has 0 N–H and O–H groups in total.